The summed E-state index contributed by atoms with van der Waals surface area (Å²) in [6.07, 6.45) is 4.43. The maximum Gasteiger partial charge on any atom is 0.342 e. The first-order valence-electron chi connectivity index (χ1n) is 8.17. The van der Waals surface area contributed by atoms with Crippen LogP contribution >= 0.6 is 0 Å². The van der Waals surface area contributed by atoms with Crippen LogP contribution in [0.25, 0.3) is 0 Å². The lowest BCUT2D eigenvalue weighted by Crippen LogP contribution is -2.32. The van der Waals surface area contributed by atoms with Gasteiger partial charge in [-0.15, -0.1) is 6.42 Å². The van der Waals surface area contributed by atoms with E-state index >= 15 is 0 Å². The zero-order valence-electron chi connectivity index (χ0n) is 14.9. The van der Waals surface area contributed by atoms with Gasteiger partial charge in [-0.25, -0.2) is 4.79 Å². The van der Waals surface area contributed by atoms with Gasteiger partial charge in [0, 0.05) is 6.54 Å². The van der Waals surface area contributed by atoms with E-state index in [1.54, 1.807) is 6.92 Å². The zero-order chi connectivity index (χ0) is 18.1. The van der Waals surface area contributed by atoms with E-state index in [1.807, 2.05) is 32.9 Å². The summed E-state index contributed by atoms with van der Waals surface area (Å²) in [6, 6.07) is 3.83. The molecule has 2 N–H and O–H groups in total. The second-order valence-corrected chi connectivity index (χ2v) is 5.85. The van der Waals surface area contributed by atoms with Crippen molar-refractivity contribution in [3.05, 3.63) is 28.8 Å². The van der Waals surface area contributed by atoms with Crippen molar-refractivity contribution in [3.63, 3.8) is 0 Å². The highest BCUT2D eigenvalue weighted by molar-refractivity contribution is 5.94. The van der Waals surface area contributed by atoms with E-state index in [1.165, 1.54) is 0 Å². The third kappa shape index (κ3) is 5.55. The van der Waals surface area contributed by atoms with Crippen LogP contribution in [-0.4, -0.2) is 43.5 Å². The summed E-state index contributed by atoms with van der Waals surface area (Å²) < 4.78 is 11.0. The molecule has 1 aromatic rings. The lowest BCUT2D eigenvalue weighted by Gasteiger charge is -2.20. The Labute approximate surface area is 144 Å². The van der Waals surface area contributed by atoms with Gasteiger partial charge in [-0.05, 0) is 30.9 Å². The molecule has 1 rings (SSSR count). The lowest BCUT2D eigenvalue weighted by molar-refractivity contribution is 0.0514. The van der Waals surface area contributed by atoms with Crippen LogP contribution in [0.2, 0.25) is 0 Å². The second-order valence-electron chi connectivity index (χ2n) is 5.85. The van der Waals surface area contributed by atoms with Crippen LogP contribution < -0.4 is 10.1 Å². The Morgan fingerprint density at radius 2 is 2.12 bits per heavy atom. The third-order valence-corrected chi connectivity index (χ3v) is 3.53. The second kappa shape index (κ2) is 9.96. The van der Waals surface area contributed by atoms with Crippen LogP contribution in [0.1, 0.15) is 48.2 Å². The molecule has 1 atom stereocenters. The molecule has 1 unspecified atom stereocenters. The van der Waals surface area contributed by atoms with Gasteiger partial charge in [0.1, 0.15) is 24.0 Å². The number of nitrogens with one attached hydrogen (secondary N) is 1. The van der Waals surface area contributed by atoms with Crippen LogP contribution in [0.5, 0.6) is 5.75 Å². The highest BCUT2D eigenvalue weighted by Gasteiger charge is 2.22. The highest BCUT2D eigenvalue weighted by atomic mass is 16.5. The van der Waals surface area contributed by atoms with Crippen LogP contribution in [0.3, 0.4) is 0 Å². The average molecular weight is 333 g/mol. The summed E-state index contributed by atoms with van der Waals surface area (Å²) in [6.45, 7) is 8.72. The molecule has 0 spiro atoms. The molecule has 24 heavy (non-hydrogen) atoms. The molecule has 0 bridgehead atoms. The maximum absolute atomic E-state index is 12.3. The number of rotatable bonds is 9. The Morgan fingerprint density at radius 1 is 1.42 bits per heavy atom. The maximum atomic E-state index is 12.3. The van der Waals surface area contributed by atoms with Crippen molar-refractivity contribution in [2.24, 2.45) is 0 Å². The molecular weight excluding hydrogens is 306 g/mol. The molecule has 0 aromatic heterocycles. The van der Waals surface area contributed by atoms with Gasteiger partial charge < -0.3 is 19.9 Å². The number of benzene rings is 1. The molecule has 0 heterocycles. The van der Waals surface area contributed by atoms with Gasteiger partial charge in [-0.2, -0.15) is 0 Å². The van der Waals surface area contributed by atoms with Gasteiger partial charge in [0.25, 0.3) is 0 Å². The molecular formula is C19H27NO4. The number of hydrogen-bond acceptors (Lipinski definition) is 5. The number of aliphatic hydroxyl groups is 1. The average Bonchev–Trinajstić information content (AvgIpc) is 2.52. The molecule has 0 amide bonds. The van der Waals surface area contributed by atoms with Crippen molar-refractivity contribution in [1.29, 1.82) is 0 Å². The fourth-order valence-corrected chi connectivity index (χ4v) is 2.31. The Balaban J connectivity index is 3.02. The number of terminal acetylenes is 1. The molecule has 0 saturated heterocycles. The molecule has 0 aliphatic carbocycles. The molecule has 132 valence electrons. The molecule has 0 aliphatic heterocycles. The van der Waals surface area contributed by atoms with Crippen LogP contribution in [-0.2, 0) is 4.74 Å². The molecule has 0 fully saturated rings. The van der Waals surface area contributed by atoms with E-state index in [-0.39, 0.29) is 12.5 Å². The minimum Gasteiger partial charge on any atom is -0.490 e. The van der Waals surface area contributed by atoms with Gasteiger partial charge in [-0.1, -0.05) is 31.9 Å². The predicted octanol–water partition coefficient (Wildman–Crippen LogP) is 2.26. The standard InChI is InChI=1S/C19H27NO4/c1-6-10-20-11-15(21)12-24-18-16(13(3)4)9-8-14(5)17(18)19(22)23-7-2/h1,8-9,13,15,20-21H,7,10-12H2,2-5H3. The summed E-state index contributed by atoms with van der Waals surface area (Å²) in [5.41, 5.74) is 2.12. The molecule has 0 aliphatic rings. The van der Waals surface area contributed by atoms with Crippen molar-refractivity contribution in [2.75, 3.05) is 26.3 Å². The SMILES string of the molecule is C#CCNCC(O)COc1c(C(C)C)ccc(C)c1C(=O)OCC. The fourth-order valence-electron chi connectivity index (χ4n) is 2.31. The number of hydrogen-bond donors (Lipinski definition) is 2. The Kier molecular flexibility index (Phi) is 8.31. The van der Waals surface area contributed by atoms with Gasteiger partial charge in [-0.3, -0.25) is 0 Å². The first-order chi connectivity index (χ1) is 11.4. The van der Waals surface area contributed by atoms with Crippen LogP contribution in [0, 0.1) is 19.3 Å². The van der Waals surface area contributed by atoms with Crippen molar-refractivity contribution in [2.45, 2.75) is 39.7 Å². The zero-order valence-corrected chi connectivity index (χ0v) is 14.9. The molecule has 1 aromatic carbocycles. The summed E-state index contributed by atoms with van der Waals surface area (Å²) >= 11 is 0. The molecule has 0 radical (unpaired) electrons. The Bertz CT molecular complexity index is 590. The van der Waals surface area contributed by atoms with Crippen molar-refractivity contribution in [3.8, 4) is 18.1 Å². The summed E-state index contributed by atoms with van der Waals surface area (Å²) in [7, 11) is 0. The van der Waals surface area contributed by atoms with E-state index < -0.39 is 12.1 Å². The first kappa shape index (κ1) is 20.0. The largest absolute Gasteiger partial charge is 0.490 e. The van der Waals surface area contributed by atoms with Crippen LogP contribution in [0.4, 0.5) is 0 Å². The first-order valence-corrected chi connectivity index (χ1v) is 8.17. The minimum absolute atomic E-state index is 0.0626. The van der Waals surface area contributed by atoms with Gasteiger partial charge in [0.15, 0.2) is 0 Å². The quantitative estimate of drug-likeness (QED) is 0.412. The smallest absolute Gasteiger partial charge is 0.342 e. The van der Waals surface area contributed by atoms with E-state index in [0.717, 1.165) is 11.1 Å². The van der Waals surface area contributed by atoms with E-state index in [9.17, 15) is 9.90 Å². The number of carbonyl (C=O) groups is 1. The molecule has 0 saturated carbocycles. The van der Waals surface area contributed by atoms with E-state index in [2.05, 4.69) is 11.2 Å². The van der Waals surface area contributed by atoms with Gasteiger partial charge >= 0.3 is 5.97 Å². The minimum atomic E-state index is -0.728. The molecule has 5 heteroatoms. The Hall–Kier alpha value is -2.03. The van der Waals surface area contributed by atoms with E-state index in [4.69, 9.17) is 15.9 Å². The van der Waals surface area contributed by atoms with Gasteiger partial charge in [0.2, 0.25) is 0 Å². The normalized spacial score (nSPS) is 11.9. The van der Waals surface area contributed by atoms with E-state index in [0.29, 0.717) is 31.0 Å². The number of esters is 1. The summed E-state index contributed by atoms with van der Waals surface area (Å²) in [4.78, 5) is 12.3. The number of aryl methyl sites for hydroxylation is 1. The van der Waals surface area contributed by atoms with Crippen LogP contribution in [0.15, 0.2) is 12.1 Å². The topological polar surface area (TPSA) is 67.8 Å². The highest BCUT2D eigenvalue weighted by Crippen LogP contribution is 2.33. The van der Waals surface area contributed by atoms with Crippen molar-refractivity contribution in [1.82, 2.24) is 5.32 Å². The van der Waals surface area contributed by atoms with Crippen molar-refractivity contribution < 1.29 is 19.4 Å². The number of carbonyl (C=O) groups excluding carboxylic acids is 1. The van der Waals surface area contributed by atoms with Crippen molar-refractivity contribution >= 4 is 5.97 Å². The molecule has 5 nitrogen and oxygen atoms in total. The fraction of sp³-hybridized carbons (Fsp3) is 0.526. The number of ether oxygens (including phenoxy) is 2. The monoisotopic (exact) mass is 333 g/mol. The van der Waals surface area contributed by atoms with Gasteiger partial charge in [0.05, 0.1) is 13.2 Å². The summed E-state index contributed by atoms with van der Waals surface area (Å²) in [5.74, 6) is 2.69. The predicted molar refractivity (Wildman–Crippen MR) is 94.4 cm³/mol. The lowest BCUT2D eigenvalue weighted by atomic mass is 9.96. The summed E-state index contributed by atoms with van der Waals surface area (Å²) in [5, 5.41) is 12.9. The Morgan fingerprint density at radius 3 is 2.71 bits per heavy atom. The number of aliphatic hydroxyl groups excluding tert-OH is 1. The third-order valence-electron chi connectivity index (χ3n) is 3.53.